The summed E-state index contributed by atoms with van der Waals surface area (Å²) in [5, 5.41) is 0.787. The Kier molecular flexibility index (Phi) is 5.74. The fourth-order valence-electron chi connectivity index (χ4n) is 1.97. The summed E-state index contributed by atoms with van der Waals surface area (Å²) in [5.41, 5.74) is 0.773. The van der Waals surface area contributed by atoms with Crippen LogP contribution in [0.3, 0.4) is 0 Å². The Morgan fingerprint density at radius 1 is 1.12 bits per heavy atom. The first-order valence-electron chi connectivity index (χ1n) is 6.89. The summed E-state index contributed by atoms with van der Waals surface area (Å²) < 4.78 is 30.2. The smallest absolute Gasteiger partial charge is 0.229 e. The van der Waals surface area contributed by atoms with Crippen molar-refractivity contribution in [2.45, 2.75) is 13.0 Å². The first-order chi connectivity index (χ1) is 11.2. The van der Waals surface area contributed by atoms with Gasteiger partial charge in [0.1, 0.15) is 5.75 Å². The average molecular weight is 388 g/mol. The normalized spacial score (nSPS) is 12.5. The number of sulfonamides is 1. The van der Waals surface area contributed by atoms with Crippen LogP contribution in [0, 0.1) is 0 Å². The highest BCUT2D eigenvalue weighted by Crippen LogP contribution is 2.28. The largest absolute Gasteiger partial charge is 0.481 e. The topological polar surface area (TPSA) is 72.5 Å². The highest BCUT2D eigenvalue weighted by Gasteiger charge is 2.18. The van der Waals surface area contributed by atoms with Crippen molar-refractivity contribution in [2.24, 2.45) is 0 Å². The van der Waals surface area contributed by atoms with E-state index in [2.05, 4.69) is 4.72 Å². The van der Waals surface area contributed by atoms with Gasteiger partial charge in [-0.1, -0.05) is 23.2 Å². The van der Waals surface area contributed by atoms with Gasteiger partial charge in [0, 0.05) is 16.3 Å². The fourth-order valence-corrected chi connectivity index (χ4v) is 2.98. The summed E-state index contributed by atoms with van der Waals surface area (Å²) in [6.45, 7) is 1.61. The van der Waals surface area contributed by atoms with Gasteiger partial charge in [-0.25, -0.2) is 8.42 Å². The molecule has 0 heterocycles. The third kappa shape index (κ3) is 5.12. The zero-order chi connectivity index (χ0) is 17.9. The summed E-state index contributed by atoms with van der Waals surface area (Å²) in [6.07, 6.45) is 0.287. The number of benzene rings is 2. The average Bonchev–Trinajstić information content (AvgIpc) is 2.48. The molecule has 0 radical (unpaired) electrons. The molecule has 0 saturated heterocycles. The van der Waals surface area contributed by atoms with Gasteiger partial charge < -0.3 is 4.74 Å². The molecule has 5 nitrogen and oxygen atoms in total. The van der Waals surface area contributed by atoms with E-state index < -0.39 is 16.1 Å². The maximum Gasteiger partial charge on any atom is 0.229 e. The van der Waals surface area contributed by atoms with Crippen molar-refractivity contribution in [2.75, 3.05) is 11.0 Å². The standard InChI is InChI=1S/C16H15Cl2NO4S/c1-10(23-15-8-5-12(17)9-14(15)18)16(20)11-3-6-13(7-4-11)19-24(2,21)22/h3-10,19H,1-2H3/t10-/m1/s1. The van der Waals surface area contributed by atoms with E-state index >= 15 is 0 Å². The summed E-state index contributed by atoms with van der Waals surface area (Å²) in [7, 11) is -3.36. The second-order valence-corrected chi connectivity index (χ2v) is 7.74. The van der Waals surface area contributed by atoms with Crippen LogP contribution in [0.2, 0.25) is 10.0 Å². The van der Waals surface area contributed by atoms with Crippen LogP contribution in [0.25, 0.3) is 0 Å². The first kappa shape index (κ1) is 18.6. The quantitative estimate of drug-likeness (QED) is 0.759. The second kappa shape index (κ2) is 7.42. The molecule has 1 N–H and O–H groups in total. The van der Waals surface area contributed by atoms with Gasteiger partial charge >= 0.3 is 0 Å². The number of carbonyl (C=O) groups excluding carboxylic acids is 1. The zero-order valence-electron chi connectivity index (χ0n) is 12.9. The molecule has 8 heteroatoms. The zero-order valence-corrected chi connectivity index (χ0v) is 15.2. The van der Waals surface area contributed by atoms with Gasteiger partial charge in [0.2, 0.25) is 15.8 Å². The van der Waals surface area contributed by atoms with Crippen molar-refractivity contribution in [1.29, 1.82) is 0 Å². The first-order valence-corrected chi connectivity index (χ1v) is 9.54. The fraction of sp³-hybridized carbons (Fsp3) is 0.188. The van der Waals surface area contributed by atoms with Crippen molar-refractivity contribution in [3.63, 3.8) is 0 Å². The number of ketones is 1. The predicted octanol–water partition coefficient (Wildman–Crippen LogP) is 4.02. The summed E-state index contributed by atoms with van der Waals surface area (Å²) in [5.74, 6) is 0.101. The number of rotatable bonds is 6. The van der Waals surface area contributed by atoms with Gasteiger partial charge in [-0.15, -0.1) is 0 Å². The molecule has 24 heavy (non-hydrogen) atoms. The molecule has 0 fully saturated rings. The molecule has 0 amide bonds. The molecule has 1 atom stereocenters. The van der Waals surface area contributed by atoms with Crippen molar-refractivity contribution in [3.05, 3.63) is 58.1 Å². The maximum atomic E-state index is 12.4. The Bertz CT molecular complexity index is 851. The Hall–Kier alpha value is -1.76. The Morgan fingerprint density at radius 3 is 2.29 bits per heavy atom. The van der Waals surface area contributed by atoms with Gasteiger partial charge in [-0.3, -0.25) is 9.52 Å². The van der Waals surface area contributed by atoms with Crippen LogP contribution in [-0.4, -0.2) is 26.6 Å². The minimum atomic E-state index is -3.36. The van der Waals surface area contributed by atoms with E-state index in [0.717, 1.165) is 6.26 Å². The Balaban J connectivity index is 2.10. The molecule has 2 aromatic rings. The van der Waals surface area contributed by atoms with Crippen molar-refractivity contribution in [1.82, 2.24) is 0 Å². The molecular weight excluding hydrogens is 373 g/mol. The van der Waals surface area contributed by atoms with Crippen LogP contribution >= 0.6 is 23.2 Å². The van der Waals surface area contributed by atoms with Crippen molar-refractivity contribution < 1.29 is 17.9 Å². The maximum absolute atomic E-state index is 12.4. The highest BCUT2D eigenvalue weighted by molar-refractivity contribution is 7.92. The molecule has 0 spiro atoms. The number of ether oxygens (including phenoxy) is 1. The lowest BCUT2D eigenvalue weighted by atomic mass is 10.1. The molecule has 0 aliphatic rings. The second-order valence-electron chi connectivity index (χ2n) is 5.15. The van der Waals surface area contributed by atoms with Crippen LogP contribution in [0.15, 0.2) is 42.5 Å². The minimum absolute atomic E-state index is 0.257. The third-order valence-electron chi connectivity index (χ3n) is 3.04. The molecule has 2 rings (SSSR count). The molecular formula is C16H15Cl2NO4S. The Labute approximate surface area is 150 Å². The number of hydrogen-bond donors (Lipinski definition) is 1. The van der Waals surface area contributed by atoms with Crippen molar-refractivity contribution >= 4 is 44.7 Å². The SMILES string of the molecule is C[C@@H](Oc1ccc(Cl)cc1Cl)C(=O)c1ccc(NS(C)(=O)=O)cc1. The minimum Gasteiger partial charge on any atom is -0.481 e. The molecule has 0 unspecified atom stereocenters. The predicted molar refractivity (Wildman–Crippen MR) is 95.8 cm³/mol. The summed E-state index contributed by atoms with van der Waals surface area (Å²) in [4.78, 5) is 12.4. The molecule has 0 bridgehead atoms. The van der Waals surface area contributed by atoms with Crippen LogP contribution in [-0.2, 0) is 10.0 Å². The lowest BCUT2D eigenvalue weighted by Gasteiger charge is -2.15. The number of Topliss-reactive ketones (excluding diaryl/α,β-unsaturated/α-hetero) is 1. The van der Waals surface area contributed by atoms with Gasteiger partial charge in [-0.05, 0) is 49.4 Å². The number of carbonyl (C=O) groups is 1. The van der Waals surface area contributed by atoms with E-state index in [1.165, 1.54) is 30.3 Å². The van der Waals surface area contributed by atoms with Gasteiger partial charge in [0.05, 0.1) is 11.3 Å². The van der Waals surface area contributed by atoms with E-state index in [0.29, 0.717) is 27.0 Å². The molecule has 128 valence electrons. The van der Waals surface area contributed by atoms with Gasteiger partial charge in [-0.2, -0.15) is 0 Å². The van der Waals surface area contributed by atoms with E-state index in [-0.39, 0.29) is 5.78 Å². The summed E-state index contributed by atoms with van der Waals surface area (Å²) >= 11 is 11.8. The van der Waals surface area contributed by atoms with E-state index in [1.807, 2.05) is 0 Å². The van der Waals surface area contributed by atoms with Crippen LogP contribution < -0.4 is 9.46 Å². The lowest BCUT2D eigenvalue weighted by Crippen LogP contribution is -2.24. The molecule has 0 aliphatic carbocycles. The molecule has 2 aromatic carbocycles. The Morgan fingerprint density at radius 2 is 1.75 bits per heavy atom. The molecule has 0 aromatic heterocycles. The van der Waals surface area contributed by atoms with Gasteiger partial charge in [0.25, 0.3) is 0 Å². The third-order valence-corrected chi connectivity index (χ3v) is 4.18. The number of nitrogens with one attached hydrogen (secondary N) is 1. The van der Waals surface area contributed by atoms with E-state index in [4.69, 9.17) is 27.9 Å². The van der Waals surface area contributed by atoms with Crippen LogP contribution in [0.1, 0.15) is 17.3 Å². The van der Waals surface area contributed by atoms with Crippen molar-refractivity contribution in [3.8, 4) is 5.75 Å². The molecule has 0 saturated carbocycles. The van der Waals surface area contributed by atoms with Crippen LogP contribution in [0.4, 0.5) is 5.69 Å². The number of halogens is 2. The molecule has 0 aliphatic heterocycles. The monoisotopic (exact) mass is 387 g/mol. The van der Waals surface area contributed by atoms with E-state index in [9.17, 15) is 13.2 Å². The lowest BCUT2D eigenvalue weighted by molar-refractivity contribution is 0.0818. The number of hydrogen-bond acceptors (Lipinski definition) is 4. The van der Waals surface area contributed by atoms with Crippen LogP contribution in [0.5, 0.6) is 5.75 Å². The van der Waals surface area contributed by atoms with E-state index in [1.54, 1.807) is 19.1 Å². The summed E-state index contributed by atoms with van der Waals surface area (Å²) in [6, 6.07) is 10.8. The highest BCUT2D eigenvalue weighted by atomic mass is 35.5. The van der Waals surface area contributed by atoms with Gasteiger partial charge in [0.15, 0.2) is 6.10 Å². The number of anilines is 1.